The zero-order chi connectivity index (χ0) is 14.9. The Morgan fingerprint density at radius 1 is 1.25 bits per heavy atom. The molecule has 0 aliphatic carbocycles. The number of nitrogens with two attached hydrogens (primary N) is 1. The topological polar surface area (TPSA) is 72.2 Å². The van der Waals surface area contributed by atoms with E-state index in [4.69, 9.17) is 17.3 Å². The maximum atomic E-state index is 12.3. The minimum atomic E-state index is -3.70. The molecule has 0 aromatic heterocycles. The summed E-state index contributed by atoms with van der Waals surface area (Å²) in [5, 5.41) is 0.367. The van der Waals surface area contributed by atoms with E-state index in [1.807, 2.05) is 6.07 Å². The normalized spacial score (nSPS) is 11.3. The number of rotatable bonds is 3. The minimum absolute atomic E-state index is 0.0804. The van der Waals surface area contributed by atoms with Gasteiger partial charge in [0.05, 0.1) is 15.6 Å². The summed E-state index contributed by atoms with van der Waals surface area (Å²) in [5.74, 6) is 0. The third kappa shape index (κ3) is 3.26. The fourth-order valence-corrected chi connectivity index (χ4v) is 3.36. The summed E-state index contributed by atoms with van der Waals surface area (Å²) in [5.41, 5.74) is 7.02. The SMILES string of the molecule is Cc1cc(S(=O)(=O)Nc2cccc(Br)c2)cc(N)c1Cl. The maximum Gasteiger partial charge on any atom is 0.261 e. The Morgan fingerprint density at radius 3 is 2.55 bits per heavy atom. The van der Waals surface area contributed by atoms with Crippen LogP contribution in [0.5, 0.6) is 0 Å². The lowest BCUT2D eigenvalue weighted by atomic mass is 10.2. The average Bonchev–Trinajstić information content (AvgIpc) is 2.34. The second-order valence-electron chi connectivity index (χ2n) is 4.26. The van der Waals surface area contributed by atoms with Gasteiger partial charge in [0.15, 0.2) is 0 Å². The summed E-state index contributed by atoms with van der Waals surface area (Å²) in [6, 6.07) is 9.71. The largest absolute Gasteiger partial charge is 0.397 e. The zero-order valence-corrected chi connectivity index (χ0v) is 13.7. The summed E-state index contributed by atoms with van der Waals surface area (Å²) >= 11 is 9.22. The molecule has 0 fully saturated rings. The van der Waals surface area contributed by atoms with Crippen LogP contribution in [0.15, 0.2) is 45.8 Å². The van der Waals surface area contributed by atoms with Crippen LogP contribution in [0.25, 0.3) is 0 Å². The van der Waals surface area contributed by atoms with Crippen molar-refractivity contribution in [3.8, 4) is 0 Å². The van der Waals surface area contributed by atoms with Gasteiger partial charge in [0.25, 0.3) is 10.0 Å². The van der Waals surface area contributed by atoms with Crippen molar-refractivity contribution in [3.05, 3.63) is 51.5 Å². The predicted molar refractivity (Wildman–Crippen MR) is 85.6 cm³/mol. The summed E-state index contributed by atoms with van der Waals surface area (Å²) in [7, 11) is -3.70. The molecule has 106 valence electrons. The third-order valence-electron chi connectivity index (χ3n) is 2.64. The second-order valence-corrected chi connectivity index (χ2v) is 7.24. The van der Waals surface area contributed by atoms with E-state index >= 15 is 0 Å². The number of sulfonamides is 1. The van der Waals surface area contributed by atoms with Gasteiger partial charge in [-0.1, -0.05) is 33.6 Å². The lowest BCUT2D eigenvalue weighted by Crippen LogP contribution is -2.13. The first-order chi connectivity index (χ1) is 9.29. The highest BCUT2D eigenvalue weighted by Gasteiger charge is 2.17. The highest BCUT2D eigenvalue weighted by atomic mass is 79.9. The molecular formula is C13H12BrClN2O2S. The van der Waals surface area contributed by atoms with Crippen molar-refractivity contribution in [2.75, 3.05) is 10.5 Å². The molecule has 0 aliphatic rings. The minimum Gasteiger partial charge on any atom is -0.397 e. The van der Waals surface area contributed by atoms with Crippen molar-refractivity contribution in [2.45, 2.75) is 11.8 Å². The Morgan fingerprint density at radius 2 is 1.95 bits per heavy atom. The first-order valence-corrected chi connectivity index (χ1v) is 8.29. The average molecular weight is 376 g/mol. The fourth-order valence-electron chi connectivity index (χ4n) is 1.68. The molecule has 2 aromatic rings. The van der Waals surface area contributed by atoms with Crippen LogP contribution in [-0.2, 0) is 10.0 Å². The smallest absolute Gasteiger partial charge is 0.261 e. The predicted octanol–water partition coefficient (Wildman–Crippen LogP) is 3.79. The van der Waals surface area contributed by atoms with Gasteiger partial charge in [0.2, 0.25) is 0 Å². The number of hydrogen-bond donors (Lipinski definition) is 2. The molecule has 0 saturated carbocycles. The molecule has 0 radical (unpaired) electrons. The van der Waals surface area contributed by atoms with Gasteiger partial charge < -0.3 is 5.73 Å². The van der Waals surface area contributed by atoms with E-state index in [-0.39, 0.29) is 10.6 Å². The molecule has 2 rings (SSSR count). The van der Waals surface area contributed by atoms with Crippen molar-refractivity contribution >= 4 is 48.9 Å². The van der Waals surface area contributed by atoms with Crippen molar-refractivity contribution in [1.29, 1.82) is 0 Å². The van der Waals surface area contributed by atoms with Crippen molar-refractivity contribution in [2.24, 2.45) is 0 Å². The lowest BCUT2D eigenvalue weighted by Gasteiger charge is -2.11. The van der Waals surface area contributed by atoms with E-state index in [2.05, 4.69) is 20.7 Å². The molecule has 7 heteroatoms. The molecule has 0 amide bonds. The van der Waals surface area contributed by atoms with Gasteiger partial charge in [0.1, 0.15) is 0 Å². The molecule has 0 unspecified atom stereocenters. The summed E-state index contributed by atoms with van der Waals surface area (Å²) in [6.45, 7) is 1.71. The number of hydrogen-bond acceptors (Lipinski definition) is 3. The number of benzene rings is 2. The van der Waals surface area contributed by atoms with E-state index in [1.165, 1.54) is 12.1 Å². The first-order valence-electron chi connectivity index (χ1n) is 5.63. The number of nitrogens with one attached hydrogen (secondary N) is 1. The van der Waals surface area contributed by atoms with Gasteiger partial charge in [0, 0.05) is 10.2 Å². The van der Waals surface area contributed by atoms with Crippen LogP contribution in [0, 0.1) is 6.92 Å². The Kier molecular flexibility index (Phi) is 4.27. The van der Waals surface area contributed by atoms with Gasteiger partial charge in [-0.25, -0.2) is 8.42 Å². The summed E-state index contributed by atoms with van der Waals surface area (Å²) in [6.07, 6.45) is 0. The van der Waals surface area contributed by atoms with Crippen LogP contribution in [0.3, 0.4) is 0 Å². The van der Waals surface area contributed by atoms with Crippen LogP contribution >= 0.6 is 27.5 Å². The number of anilines is 2. The Hall–Kier alpha value is -1.24. The van der Waals surface area contributed by atoms with Crippen molar-refractivity contribution in [3.63, 3.8) is 0 Å². The van der Waals surface area contributed by atoms with Crippen molar-refractivity contribution in [1.82, 2.24) is 0 Å². The molecule has 2 aromatic carbocycles. The van der Waals surface area contributed by atoms with E-state index in [9.17, 15) is 8.42 Å². The van der Waals surface area contributed by atoms with E-state index < -0.39 is 10.0 Å². The molecule has 0 heterocycles. The summed E-state index contributed by atoms with van der Waals surface area (Å²) in [4.78, 5) is 0.0804. The maximum absolute atomic E-state index is 12.3. The monoisotopic (exact) mass is 374 g/mol. The molecule has 0 aliphatic heterocycles. The van der Waals surface area contributed by atoms with E-state index in [0.29, 0.717) is 16.3 Å². The zero-order valence-electron chi connectivity index (χ0n) is 10.5. The van der Waals surface area contributed by atoms with Gasteiger partial charge in [-0.3, -0.25) is 4.72 Å². The fraction of sp³-hybridized carbons (Fsp3) is 0.0769. The van der Waals surface area contributed by atoms with Crippen LogP contribution in [0.2, 0.25) is 5.02 Å². The molecule has 0 atom stereocenters. The van der Waals surface area contributed by atoms with Crippen LogP contribution in [0.4, 0.5) is 11.4 Å². The van der Waals surface area contributed by atoms with Gasteiger partial charge in [-0.2, -0.15) is 0 Å². The highest BCUT2D eigenvalue weighted by Crippen LogP contribution is 2.28. The third-order valence-corrected chi connectivity index (χ3v) is 5.01. The van der Waals surface area contributed by atoms with Crippen LogP contribution < -0.4 is 10.5 Å². The van der Waals surface area contributed by atoms with E-state index in [0.717, 1.165) is 4.47 Å². The van der Waals surface area contributed by atoms with Crippen molar-refractivity contribution < 1.29 is 8.42 Å². The van der Waals surface area contributed by atoms with Gasteiger partial charge >= 0.3 is 0 Å². The Bertz CT molecular complexity index is 740. The standard InChI is InChI=1S/C13H12BrClN2O2S/c1-8-5-11(7-12(16)13(8)15)20(18,19)17-10-4-2-3-9(14)6-10/h2-7,17H,16H2,1H3. The number of halogens is 2. The molecule has 3 N–H and O–H groups in total. The van der Waals surface area contributed by atoms with Gasteiger partial charge in [-0.05, 0) is 42.8 Å². The first kappa shape index (κ1) is 15.2. The van der Waals surface area contributed by atoms with Crippen LogP contribution in [-0.4, -0.2) is 8.42 Å². The molecule has 0 bridgehead atoms. The van der Waals surface area contributed by atoms with Gasteiger partial charge in [-0.15, -0.1) is 0 Å². The van der Waals surface area contributed by atoms with Crippen LogP contribution in [0.1, 0.15) is 5.56 Å². The Labute approximate surface area is 131 Å². The molecule has 0 spiro atoms. The second kappa shape index (κ2) is 5.63. The highest BCUT2D eigenvalue weighted by molar-refractivity contribution is 9.10. The quantitative estimate of drug-likeness (QED) is 0.802. The van der Waals surface area contributed by atoms with E-state index in [1.54, 1.807) is 25.1 Å². The number of nitrogen functional groups attached to an aromatic ring is 1. The Balaban J connectivity index is 2.41. The summed E-state index contributed by atoms with van der Waals surface area (Å²) < 4.78 is 27.9. The molecule has 4 nitrogen and oxygen atoms in total. The molecule has 20 heavy (non-hydrogen) atoms. The number of aryl methyl sites for hydroxylation is 1. The lowest BCUT2D eigenvalue weighted by molar-refractivity contribution is 0.601. The molecular weight excluding hydrogens is 364 g/mol. The molecule has 0 saturated heterocycles.